The third-order valence-electron chi connectivity index (χ3n) is 3.22. The van der Waals surface area contributed by atoms with E-state index in [0.717, 1.165) is 5.75 Å². The van der Waals surface area contributed by atoms with Crippen molar-refractivity contribution < 1.29 is 19.1 Å². The lowest BCUT2D eigenvalue weighted by Crippen LogP contribution is -2.39. The van der Waals surface area contributed by atoms with Gasteiger partial charge in [-0.25, -0.2) is 4.79 Å². The van der Waals surface area contributed by atoms with Crippen LogP contribution in [-0.2, 0) is 14.9 Å². The largest absolute Gasteiger partial charge is 0.494 e. The van der Waals surface area contributed by atoms with E-state index in [-0.39, 0.29) is 12.0 Å². The van der Waals surface area contributed by atoms with Crippen molar-refractivity contribution in [3.8, 4) is 5.75 Å². The predicted octanol–water partition coefficient (Wildman–Crippen LogP) is 2.23. The molecule has 6 heteroatoms. The lowest BCUT2D eigenvalue weighted by molar-refractivity contribution is -0.139. The molecular formula is C17H26N2O4. The van der Waals surface area contributed by atoms with E-state index in [9.17, 15) is 9.59 Å². The van der Waals surface area contributed by atoms with Crippen molar-refractivity contribution in [2.45, 2.75) is 32.6 Å². The fourth-order valence-corrected chi connectivity index (χ4v) is 1.80. The molecule has 0 saturated carbocycles. The van der Waals surface area contributed by atoms with E-state index in [2.05, 4.69) is 48.3 Å². The molecule has 6 nitrogen and oxygen atoms in total. The monoisotopic (exact) mass is 322 g/mol. The van der Waals surface area contributed by atoms with Crippen LogP contribution in [0.25, 0.3) is 0 Å². The number of hydrogen-bond acceptors (Lipinski definition) is 4. The van der Waals surface area contributed by atoms with E-state index in [1.807, 2.05) is 12.1 Å². The highest BCUT2D eigenvalue weighted by molar-refractivity contribution is 5.80. The van der Waals surface area contributed by atoms with Crippen LogP contribution in [0.15, 0.2) is 24.3 Å². The minimum absolute atomic E-state index is 0.125. The molecule has 0 spiro atoms. The van der Waals surface area contributed by atoms with Gasteiger partial charge < -0.3 is 20.1 Å². The number of nitrogens with one attached hydrogen (secondary N) is 2. The highest BCUT2D eigenvalue weighted by Crippen LogP contribution is 2.24. The van der Waals surface area contributed by atoms with Gasteiger partial charge in [0.25, 0.3) is 0 Å². The number of amides is 2. The number of esters is 1. The Kier molecular flexibility index (Phi) is 7.38. The number of benzene rings is 1. The van der Waals surface area contributed by atoms with Crippen molar-refractivity contribution in [1.82, 2.24) is 10.6 Å². The third-order valence-corrected chi connectivity index (χ3v) is 3.22. The topological polar surface area (TPSA) is 76.7 Å². The molecule has 0 aliphatic rings. The van der Waals surface area contributed by atoms with Crippen molar-refractivity contribution in [2.24, 2.45) is 0 Å². The Morgan fingerprint density at radius 1 is 1.09 bits per heavy atom. The summed E-state index contributed by atoms with van der Waals surface area (Å²) in [6, 6.07) is 7.64. The number of rotatable bonds is 7. The summed E-state index contributed by atoms with van der Waals surface area (Å²) in [6.07, 6.45) is 0.673. The number of urea groups is 1. The summed E-state index contributed by atoms with van der Waals surface area (Å²) in [5, 5.41) is 5.04. The zero-order valence-electron chi connectivity index (χ0n) is 14.3. The Balaban J connectivity index is 2.18. The van der Waals surface area contributed by atoms with Gasteiger partial charge in [-0.3, -0.25) is 4.79 Å². The minimum atomic E-state index is -0.484. The summed E-state index contributed by atoms with van der Waals surface area (Å²) >= 11 is 0. The molecule has 0 fully saturated rings. The van der Waals surface area contributed by atoms with E-state index in [1.54, 1.807) is 0 Å². The zero-order chi connectivity index (χ0) is 17.3. The summed E-state index contributed by atoms with van der Waals surface area (Å²) in [4.78, 5) is 22.2. The maximum absolute atomic E-state index is 11.4. The van der Waals surface area contributed by atoms with E-state index in [0.29, 0.717) is 19.6 Å². The summed E-state index contributed by atoms with van der Waals surface area (Å²) < 4.78 is 10.0. The third kappa shape index (κ3) is 7.54. The van der Waals surface area contributed by atoms with Crippen molar-refractivity contribution >= 4 is 12.0 Å². The molecule has 0 bridgehead atoms. The van der Waals surface area contributed by atoms with Crippen molar-refractivity contribution in [2.75, 3.05) is 26.8 Å². The maximum atomic E-state index is 11.4. The second-order valence-electron chi connectivity index (χ2n) is 6.16. The standard InChI is InChI=1S/C17H26N2O4/c1-17(2,3)13-6-8-14(9-7-13)23-11-5-10-18-16(21)19-12-15(20)22-4/h6-9H,5,10-12H2,1-4H3,(H2,18,19,21). The fourth-order valence-electron chi connectivity index (χ4n) is 1.80. The molecule has 128 valence electrons. The first-order valence-corrected chi connectivity index (χ1v) is 7.65. The second kappa shape index (κ2) is 9.02. The van der Waals surface area contributed by atoms with Gasteiger partial charge in [0.2, 0.25) is 0 Å². The number of methoxy groups -OCH3 is 1. The van der Waals surface area contributed by atoms with Crippen LogP contribution in [0.3, 0.4) is 0 Å². The summed E-state index contributed by atoms with van der Waals surface area (Å²) in [6.45, 7) is 7.33. The smallest absolute Gasteiger partial charge is 0.325 e. The van der Waals surface area contributed by atoms with E-state index in [1.165, 1.54) is 12.7 Å². The second-order valence-corrected chi connectivity index (χ2v) is 6.16. The first-order chi connectivity index (χ1) is 10.8. The van der Waals surface area contributed by atoms with Crippen LogP contribution < -0.4 is 15.4 Å². The first kappa shape index (κ1) is 18.8. The van der Waals surface area contributed by atoms with Crippen molar-refractivity contribution in [3.63, 3.8) is 0 Å². The minimum Gasteiger partial charge on any atom is -0.494 e. The average Bonchev–Trinajstić information content (AvgIpc) is 2.51. The van der Waals surface area contributed by atoms with E-state index >= 15 is 0 Å². The highest BCUT2D eigenvalue weighted by Gasteiger charge is 2.12. The molecule has 0 heterocycles. The van der Waals surface area contributed by atoms with E-state index in [4.69, 9.17) is 4.74 Å². The molecule has 0 radical (unpaired) electrons. The lowest BCUT2D eigenvalue weighted by atomic mass is 9.87. The van der Waals surface area contributed by atoms with Crippen LogP contribution in [0.1, 0.15) is 32.8 Å². The number of hydrogen-bond donors (Lipinski definition) is 2. The SMILES string of the molecule is COC(=O)CNC(=O)NCCCOc1ccc(C(C)(C)C)cc1. The highest BCUT2D eigenvalue weighted by atomic mass is 16.5. The van der Waals surface area contributed by atoms with Crippen LogP contribution in [0.2, 0.25) is 0 Å². The van der Waals surface area contributed by atoms with Gasteiger partial charge in [0, 0.05) is 6.54 Å². The first-order valence-electron chi connectivity index (χ1n) is 7.65. The van der Waals surface area contributed by atoms with Crippen LogP contribution in [0, 0.1) is 0 Å². The Morgan fingerprint density at radius 2 is 1.74 bits per heavy atom. The van der Waals surface area contributed by atoms with Crippen molar-refractivity contribution in [3.05, 3.63) is 29.8 Å². The van der Waals surface area contributed by atoms with Crippen LogP contribution in [0.5, 0.6) is 5.75 Å². The Bertz CT molecular complexity index is 506. The molecule has 0 aliphatic heterocycles. The van der Waals surface area contributed by atoms with Gasteiger partial charge in [-0.05, 0) is 29.5 Å². The summed E-state index contributed by atoms with van der Waals surface area (Å²) in [7, 11) is 1.27. The molecule has 1 rings (SSSR count). The van der Waals surface area contributed by atoms with Gasteiger partial charge in [-0.2, -0.15) is 0 Å². The zero-order valence-corrected chi connectivity index (χ0v) is 14.3. The molecule has 23 heavy (non-hydrogen) atoms. The average molecular weight is 322 g/mol. The Morgan fingerprint density at radius 3 is 2.30 bits per heavy atom. The molecule has 2 N–H and O–H groups in total. The number of carbonyl (C=O) groups is 2. The number of carbonyl (C=O) groups excluding carboxylic acids is 2. The molecule has 0 unspecified atom stereocenters. The maximum Gasteiger partial charge on any atom is 0.325 e. The molecule has 1 aromatic carbocycles. The van der Waals surface area contributed by atoms with Crippen LogP contribution >= 0.6 is 0 Å². The predicted molar refractivity (Wildman–Crippen MR) is 88.7 cm³/mol. The lowest BCUT2D eigenvalue weighted by Gasteiger charge is -2.19. The van der Waals surface area contributed by atoms with Gasteiger partial charge in [-0.1, -0.05) is 32.9 Å². The van der Waals surface area contributed by atoms with Crippen LogP contribution in [0.4, 0.5) is 4.79 Å². The molecule has 0 aliphatic carbocycles. The normalized spacial score (nSPS) is 10.8. The fraction of sp³-hybridized carbons (Fsp3) is 0.529. The van der Waals surface area contributed by atoms with Gasteiger partial charge in [0.15, 0.2) is 0 Å². The van der Waals surface area contributed by atoms with E-state index < -0.39 is 12.0 Å². The molecule has 1 aromatic rings. The van der Waals surface area contributed by atoms with Crippen LogP contribution in [-0.4, -0.2) is 38.8 Å². The quantitative estimate of drug-likeness (QED) is 0.596. The molecule has 2 amide bonds. The Labute approximate surface area is 137 Å². The van der Waals surface area contributed by atoms with Gasteiger partial charge in [0.05, 0.1) is 13.7 Å². The Hall–Kier alpha value is -2.24. The molecule has 0 atom stereocenters. The van der Waals surface area contributed by atoms with Crippen molar-refractivity contribution in [1.29, 1.82) is 0 Å². The molecular weight excluding hydrogens is 296 g/mol. The molecule has 0 saturated heterocycles. The number of ether oxygens (including phenoxy) is 2. The van der Waals surface area contributed by atoms with Gasteiger partial charge in [-0.15, -0.1) is 0 Å². The summed E-state index contributed by atoms with van der Waals surface area (Å²) in [5.41, 5.74) is 1.38. The van der Waals surface area contributed by atoms with Gasteiger partial charge in [0.1, 0.15) is 12.3 Å². The summed E-state index contributed by atoms with van der Waals surface area (Å²) in [5.74, 6) is 0.329. The van der Waals surface area contributed by atoms with Gasteiger partial charge >= 0.3 is 12.0 Å². The molecule has 0 aromatic heterocycles.